The number of benzene rings is 2. The number of aromatic nitrogens is 3. The summed E-state index contributed by atoms with van der Waals surface area (Å²) < 4.78 is 0. The highest BCUT2D eigenvalue weighted by molar-refractivity contribution is 7.99. The van der Waals surface area contributed by atoms with E-state index in [9.17, 15) is 9.59 Å². The number of thiazole rings is 1. The van der Waals surface area contributed by atoms with E-state index in [0.717, 1.165) is 25.2 Å². The van der Waals surface area contributed by atoms with E-state index in [2.05, 4.69) is 25.6 Å². The summed E-state index contributed by atoms with van der Waals surface area (Å²) in [6.45, 7) is 0.355. The molecule has 0 bridgehead atoms. The van der Waals surface area contributed by atoms with Gasteiger partial charge in [0.1, 0.15) is 11.3 Å². The second-order valence-electron chi connectivity index (χ2n) is 6.70. The van der Waals surface area contributed by atoms with Gasteiger partial charge in [-0.2, -0.15) is 0 Å². The van der Waals surface area contributed by atoms with Crippen LogP contribution in [-0.4, -0.2) is 26.8 Å². The van der Waals surface area contributed by atoms with E-state index in [1.807, 2.05) is 24.3 Å². The van der Waals surface area contributed by atoms with Gasteiger partial charge in [0.05, 0.1) is 17.8 Å². The van der Waals surface area contributed by atoms with Crippen molar-refractivity contribution in [1.29, 1.82) is 0 Å². The smallest absolute Gasteiger partial charge is 0.256 e. The molecule has 2 N–H and O–H groups in total. The summed E-state index contributed by atoms with van der Waals surface area (Å²) in [5, 5.41) is 6.62. The maximum Gasteiger partial charge on any atom is 0.256 e. The summed E-state index contributed by atoms with van der Waals surface area (Å²) in [5.74, 6) is -0.400. The monoisotopic (exact) mass is 445 g/mol. The van der Waals surface area contributed by atoms with Crippen molar-refractivity contribution >= 4 is 40.6 Å². The fourth-order valence-corrected chi connectivity index (χ4v) is 4.95. The highest BCUT2D eigenvalue weighted by Gasteiger charge is 2.20. The fraction of sp³-hybridized carbons (Fsp3) is 0.0455. The molecule has 1 aliphatic rings. The molecular formula is C22H15N5O2S2. The third kappa shape index (κ3) is 4.05. The lowest BCUT2D eigenvalue weighted by molar-refractivity contribution is 0.0949. The Morgan fingerprint density at radius 2 is 1.87 bits per heavy atom. The van der Waals surface area contributed by atoms with Crippen LogP contribution in [0.2, 0.25) is 0 Å². The molecule has 7 nitrogen and oxygen atoms in total. The molecule has 0 spiro atoms. The van der Waals surface area contributed by atoms with Gasteiger partial charge in [0.15, 0.2) is 0 Å². The lowest BCUT2D eigenvalue weighted by Gasteiger charge is -2.09. The molecule has 0 atom stereocenters. The van der Waals surface area contributed by atoms with Crippen molar-refractivity contribution in [3.05, 3.63) is 83.4 Å². The molecule has 2 aromatic carbocycles. The van der Waals surface area contributed by atoms with Gasteiger partial charge in [0.25, 0.3) is 11.8 Å². The zero-order valence-electron chi connectivity index (χ0n) is 16.0. The molecule has 0 saturated carbocycles. The minimum Gasteiger partial charge on any atom is -0.347 e. The number of rotatable bonds is 4. The van der Waals surface area contributed by atoms with E-state index in [4.69, 9.17) is 0 Å². The maximum atomic E-state index is 12.7. The summed E-state index contributed by atoms with van der Waals surface area (Å²) >= 11 is 2.98. The Labute approximate surface area is 186 Å². The molecule has 2 aromatic heterocycles. The topological polar surface area (TPSA) is 96.9 Å². The minimum atomic E-state index is -0.221. The van der Waals surface area contributed by atoms with Crippen LogP contribution in [0.25, 0.3) is 10.6 Å². The van der Waals surface area contributed by atoms with Crippen molar-refractivity contribution in [2.24, 2.45) is 0 Å². The van der Waals surface area contributed by atoms with E-state index in [0.29, 0.717) is 23.4 Å². The van der Waals surface area contributed by atoms with Crippen molar-refractivity contribution < 1.29 is 9.59 Å². The second kappa shape index (κ2) is 8.29. The summed E-state index contributed by atoms with van der Waals surface area (Å²) in [5.41, 5.74) is 2.57. The molecule has 0 saturated heterocycles. The van der Waals surface area contributed by atoms with Crippen molar-refractivity contribution in [3.63, 3.8) is 0 Å². The number of carbonyl (C=O) groups is 2. The van der Waals surface area contributed by atoms with Crippen LogP contribution in [0.1, 0.15) is 25.6 Å². The fourth-order valence-electron chi connectivity index (χ4n) is 3.11. The number of hydrogen-bond donors (Lipinski definition) is 2. The van der Waals surface area contributed by atoms with E-state index >= 15 is 0 Å². The number of amides is 2. The highest BCUT2D eigenvalue weighted by atomic mass is 32.2. The van der Waals surface area contributed by atoms with E-state index in [1.54, 1.807) is 36.8 Å². The number of anilines is 1. The highest BCUT2D eigenvalue weighted by Crippen LogP contribution is 2.39. The van der Waals surface area contributed by atoms with Crippen molar-refractivity contribution in [2.75, 3.05) is 5.32 Å². The average molecular weight is 446 g/mol. The third-order valence-corrected chi connectivity index (χ3v) is 6.82. The molecule has 9 heteroatoms. The number of carbonyl (C=O) groups excluding carboxylic acids is 2. The minimum absolute atomic E-state index is 0.179. The van der Waals surface area contributed by atoms with Gasteiger partial charge in [0, 0.05) is 44.4 Å². The van der Waals surface area contributed by atoms with Gasteiger partial charge in [-0.3, -0.25) is 9.59 Å². The molecule has 5 rings (SSSR count). The Morgan fingerprint density at radius 3 is 2.74 bits per heavy atom. The van der Waals surface area contributed by atoms with Gasteiger partial charge >= 0.3 is 0 Å². The molecular weight excluding hydrogens is 430 g/mol. The van der Waals surface area contributed by atoms with E-state index < -0.39 is 0 Å². The first-order valence-corrected chi connectivity index (χ1v) is 11.0. The molecule has 0 aliphatic carbocycles. The average Bonchev–Trinajstić information content (AvgIpc) is 3.23. The van der Waals surface area contributed by atoms with Crippen LogP contribution < -0.4 is 10.6 Å². The summed E-state index contributed by atoms with van der Waals surface area (Å²) in [6.07, 6.45) is 6.61. The van der Waals surface area contributed by atoms with Gasteiger partial charge in [-0.05, 0) is 30.3 Å². The summed E-state index contributed by atoms with van der Waals surface area (Å²) in [7, 11) is 0. The molecule has 4 aromatic rings. The van der Waals surface area contributed by atoms with Crippen LogP contribution in [0.5, 0.6) is 0 Å². The first-order valence-electron chi connectivity index (χ1n) is 9.38. The van der Waals surface area contributed by atoms with E-state index in [-0.39, 0.29) is 11.8 Å². The zero-order chi connectivity index (χ0) is 21.2. The molecule has 0 unspecified atom stereocenters. The van der Waals surface area contributed by atoms with Gasteiger partial charge in [0.2, 0.25) is 0 Å². The van der Waals surface area contributed by atoms with E-state index in [1.165, 1.54) is 29.4 Å². The van der Waals surface area contributed by atoms with Crippen LogP contribution in [0.3, 0.4) is 0 Å². The van der Waals surface area contributed by atoms with Gasteiger partial charge < -0.3 is 10.6 Å². The second-order valence-corrected chi connectivity index (χ2v) is 8.90. The lowest BCUT2D eigenvalue weighted by Crippen LogP contribution is -2.22. The molecule has 2 amide bonds. The maximum absolute atomic E-state index is 12.7. The van der Waals surface area contributed by atoms with Crippen molar-refractivity contribution in [3.8, 4) is 10.6 Å². The number of nitrogens with zero attached hydrogens (tertiary/aromatic N) is 3. The number of hydrogen-bond acceptors (Lipinski definition) is 7. The Kier molecular flexibility index (Phi) is 5.19. The van der Waals surface area contributed by atoms with Crippen molar-refractivity contribution in [2.45, 2.75) is 16.3 Å². The molecule has 31 heavy (non-hydrogen) atoms. The van der Waals surface area contributed by atoms with Gasteiger partial charge in [-0.25, -0.2) is 15.0 Å². The van der Waals surface area contributed by atoms with Gasteiger partial charge in [-0.15, -0.1) is 11.3 Å². The predicted molar refractivity (Wildman–Crippen MR) is 119 cm³/mol. The molecule has 1 aliphatic heterocycles. The predicted octanol–water partition coefficient (Wildman–Crippen LogP) is 4.25. The normalized spacial score (nSPS) is 12.3. The quantitative estimate of drug-likeness (QED) is 0.488. The van der Waals surface area contributed by atoms with Crippen LogP contribution >= 0.6 is 23.1 Å². The number of nitrogens with one attached hydrogen (secondary N) is 2. The van der Waals surface area contributed by atoms with Crippen molar-refractivity contribution in [1.82, 2.24) is 20.3 Å². The lowest BCUT2D eigenvalue weighted by atomic mass is 10.1. The molecule has 0 radical (unpaired) electrons. The Balaban J connectivity index is 1.30. The largest absolute Gasteiger partial charge is 0.347 e. The van der Waals surface area contributed by atoms with Crippen LogP contribution in [0.15, 0.2) is 77.2 Å². The Bertz CT molecular complexity index is 1290. The van der Waals surface area contributed by atoms with Crippen LogP contribution in [0.4, 0.5) is 5.69 Å². The first kappa shape index (κ1) is 19.4. The Hall–Kier alpha value is -3.56. The zero-order valence-corrected chi connectivity index (χ0v) is 17.7. The van der Waals surface area contributed by atoms with Crippen LogP contribution in [-0.2, 0) is 6.54 Å². The summed E-state index contributed by atoms with van der Waals surface area (Å²) in [6, 6.07) is 12.8. The molecule has 152 valence electrons. The van der Waals surface area contributed by atoms with Gasteiger partial charge in [-0.1, -0.05) is 23.9 Å². The molecule has 0 fully saturated rings. The number of fused-ring (bicyclic) bond motifs is 2. The van der Waals surface area contributed by atoms with Crippen LogP contribution in [0, 0.1) is 0 Å². The Morgan fingerprint density at radius 1 is 1.03 bits per heavy atom. The first-order chi connectivity index (χ1) is 15.2. The molecule has 3 heterocycles. The SMILES string of the molecule is O=C(NCc1cnc(-c2cncnc2)s1)c1ccc2c(c1)NC(=O)c1ccccc1S2. The summed E-state index contributed by atoms with van der Waals surface area (Å²) in [4.78, 5) is 40.3. The third-order valence-electron chi connectivity index (χ3n) is 4.63. The standard InChI is InChI=1S/C22H15N5O2S2/c28-20(25-10-15-11-26-22(30-15)14-8-23-12-24-9-14)13-5-6-19-17(7-13)27-21(29)16-3-1-2-4-18(16)31-19/h1-9,11-12H,10H2,(H,25,28)(H,27,29).